The first-order valence-corrected chi connectivity index (χ1v) is 8.80. The molecule has 0 amide bonds. The van der Waals surface area contributed by atoms with Crippen LogP contribution in [0.4, 0.5) is 0 Å². The Kier molecular flexibility index (Phi) is 5.04. The number of aromatic amines is 1. The third kappa shape index (κ3) is 3.92. The maximum atomic E-state index is 5.52. The minimum Gasteiger partial charge on any atom is -0.494 e. The molecule has 1 fully saturated rings. The van der Waals surface area contributed by atoms with Crippen molar-refractivity contribution < 1.29 is 4.74 Å². The van der Waals surface area contributed by atoms with Crippen molar-refractivity contribution in [1.29, 1.82) is 0 Å². The van der Waals surface area contributed by atoms with E-state index in [1.165, 1.54) is 32.4 Å². The molecule has 0 aliphatic carbocycles. The van der Waals surface area contributed by atoms with Crippen molar-refractivity contribution in [3.8, 4) is 5.75 Å². The van der Waals surface area contributed by atoms with Crippen LogP contribution in [0.3, 0.4) is 0 Å². The van der Waals surface area contributed by atoms with Gasteiger partial charge in [0, 0.05) is 11.8 Å². The van der Waals surface area contributed by atoms with Crippen LogP contribution in [-0.2, 0) is 0 Å². The second-order valence-corrected chi connectivity index (χ2v) is 6.59. The van der Waals surface area contributed by atoms with Crippen molar-refractivity contribution in [1.82, 2.24) is 15.3 Å². The largest absolute Gasteiger partial charge is 0.494 e. The Bertz CT molecular complexity index is 578. The summed E-state index contributed by atoms with van der Waals surface area (Å²) in [5, 5.41) is 4.49. The molecular formula is C16H23N3OS. The van der Waals surface area contributed by atoms with Gasteiger partial charge in [0.1, 0.15) is 5.75 Å². The van der Waals surface area contributed by atoms with Crippen molar-refractivity contribution >= 4 is 22.8 Å². The van der Waals surface area contributed by atoms with Crippen LogP contribution in [0.25, 0.3) is 11.0 Å². The number of thioether (sulfide) groups is 1. The molecule has 2 N–H and O–H groups in total. The first-order chi connectivity index (χ1) is 10.3. The van der Waals surface area contributed by atoms with Gasteiger partial charge in [-0.05, 0) is 57.3 Å². The molecule has 2 heterocycles. The molecule has 2 aromatic rings. The summed E-state index contributed by atoms with van der Waals surface area (Å²) < 4.78 is 5.52. The fraction of sp³-hybridized carbons (Fsp3) is 0.562. The number of fused-ring (bicyclic) bond motifs is 1. The predicted octanol–water partition coefficient (Wildman–Crippen LogP) is 3.44. The zero-order valence-corrected chi connectivity index (χ0v) is 13.3. The number of rotatable bonds is 6. The summed E-state index contributed by atoms with van der Waals surface area (Å²) in [6, 6.07) is 6.03. The fourth-order valence-electron chi connectivity index (χ4n) is 2.78. The van der Waals surface area contributed by atoms with Gasteiger partial charge < -0.3 is 15.0 Å². The van der Waals surface area contributed by atoms with Gasteiger partial charge in [-0.15, -0.1) is 0 Å². The van der Waals surface area contributed by atoms with Crippen LogP contribution in [0.2, 0.25) is 0 Å². The third-order valence-electron chi connectivity index (χ3n) is 3.91. The molecule has 1 aromatic heterocycles. The van der Waals surface area contributed by atoms with Crippen molar-refractivity contribution in [3.05, 3.63) is 18.2 Å². The van der Waals surface area contributed by atoms with Crippen LogP contribution < -0.4 is 10.1 Å². The molecule has 21 heavy (non-hydrogen) atoms. The van der Waals surface area contributed by atoms with Gasteiger partial charge in [0.2, 0.25) is 0 Å². The van der Waals surface area contributed by atoms with Crippen molar-refractivity contribution in [2.24, 2.45) is 5.92 Å². The quantitative estimate of drug-likeness (QED) is 0.803. The molecule has 1 atom stereocenters. The summed E-state index contributed by atoms with van der Waals surface area (Å²) in [4.78, 5) is 8.02. The maximum Gasteiger partial charge on any atom is 0.166 e. The highest BCUT2D eigenvalue weighted by atomic mass is 32.2. The van der Waals surface area contributed by atoms with E-state index in [-0.39, 0.29) is 0 Å². The highest BCUT2D eigenvalue weighted by Gasteiger charge is 2.13. The lowest BCUT2D eigenvalue weighted by atomic mass is 9.97. The number of hydrogen-bond acceptors (Lipinski definition) is 4. The van der Waals surface area contributed by atoms with E-state index in [0.717, 1.165) is 33.6 Å². The topological polar surface area (TPSA) is 49.9 Å². The highest BCUT2D eigenvalue weighted by Crippen LogP contribution is 2.25. The lowest BCUT2D eigenvalue weighted by Gasteiger charge is -2.22. The number of H-pyrrole nitrogens is 1. The molecule has 1 aromatic carbocycles. The second-order valence-electron chi connectivity index (χ2n) is 5.50. The molecular weight excluding hydrogens is 282 g/mol. The van der Waals surface area contributed by atoms with Crippen LogP contribution in [0.15, 0.2) is 23.4 Å². The number of hydrogen-bond donors (Lipinski definition) is 2. The lowest BCUT2D eigenvalue weighted by molar-refractivity contribution is 0.340. The summed E-state index contributed by atoms with van der Waals surface area (Å²) >= 11 is 1.82. The number of piperidine rings is 1. The van der Waals surface area contributed by atoms with E-state index in [0.29, 0.717) is 6.61 Å². The second kappa shape index (κ2) is 7.18. The van der Waals surface area contributed by atoms with Gasteiger partial charge in [-0.25, -0.2) is 4.98 Å². The minimum absolute atomic E-state index is 0.691. The molecule has 1 unspecified atom stereocenters. The Morgan fingerprint density at radius 2 is 2.38 bits per heavy atom. The van der Waals surface area contributed by atoms with Gasteiger partial charge in [-0.2, -0.15) is 0 Å². The molecule has 114 valence electrons. The Morgan fingerprint density at radius 3 is 3.19 bits per heavy atom. The third-order valence-corrected chi connectivity index (χ3v) is 4.81. The Morgan fingerprint density at radius 1 is 1.43 bits per heavy atom. The molecule has 1 saturated heterocycles. The van der Waals surface area contributed by atoms with E-state index in [9.17, 15) is 0 Å². The van der Waals surface area contributed by atoms with Gasteiger partial charge in [-0.1, -0.05) is 11.8 Å². The van der Waals surface area contributed by atoms with Gasteiger partial charge in [0.25, 0.3) is 0 Å². The molecule has 0 bridgehead atoms. The summed E-state index contributed by atoms with van der Waals surface area (Å²) in [6.07, 6.45) is 3.95. The molecule has 3 rings (SSSR count). The number of benzene rings is 1. The summed E-state index contributed by atoms with van der Waals surface area (Å²) in [5.74, 6) is 2.86. The van der Waals surface area contributed by atoms with Crippen LogP contribution in [0, 0.1) is 5.92 Å². The van der Waals surface area contributed by atoms with Crippen molar-refractivity contribution in [3.63, 3.8) is 0 Å². The van der Waals surface area contributed by atoms with E-state index in [1.807, 2.05) is 36.9 Å². The van der Waals surface area contributed by atoms with Gasteiger partial charge >= 0.3 is 0 Å². The van der Waals surface area contributed by atoms with E-state index in [2.05, 4.69) is 15.3 Å². The van der Waals surface area contributed by atoms with E-state index < -0.39 is 0 Å². The number of nitrogens with zero attached hydrogens (tertiary/aromatic N) is 1. The lowest BCUT2D eigenvalue weighted by Crippen LogP contribution is -2.29. The Labute approximate surface area is 130 Å². The zero-order chi connectivity index (χ0) is 14.5. The first-order valence-electron chi connectivity index (χ1n) is 7.81. The summed E-state index contributed by atoms with van der Waals surface area (Å²) in [6.45, 7) is 5.06. The monoisotopic (exact) mass is 305 g/mol. The van der Waals surface area contributed by atoms with Crippen LogP contribution in [0.1, 0.15) is 26.2 Å². The molecule has 0 saturated carbocycles. The van der Waals surface area contributed by atoms with Crippen molar-refractivity contribution in [2.45, 2.75) is 31.3 Å². The number of aromatic nitrogens is 2. The Hall–Kier alpha value is -1.20. The number of nitrogens with one attached hydrogen (secondary N) is 2. The van der Waals surface area contributed by atoms with Gasteiger partial charge in [0.15, 0.2) is 5.16 Å². The maximum absolute atomic E-state index is 5.52. The summed E-state index contributed by atoms with van der Waals surface area (Å²) in [5.41, 5.74) is 2.07. The normalized spacial score (nSPS) is 19.0. The van der Waals surface area contributed by atoms with Gasteiger partial charge in [0.05, 0.1) is 17.6 Å². The standard InChI is InChI=1S/C16H23N3OS/c1-2-20-13-5-6-14-15(10-13)19-16(18-14)21-9-7-12-4-3-8-17-11-12/h5-6,10,12,17H,2-4,7-9,11H2,1H3,(H,18,19). The minimum atomic E-state index is 0.691. The van der Waals surface area contributed by atoms with E-state index in [1.54, 1.807) is 0 Å². The fourth-order valence-corrected chi connectivity index (χ4v) is 3.77. The number of imidazole rings is 1. The average Bonchev–Trinajstić information content (AvgIpc) is 2.91. The zero-order valence-electron chi connectivity index (χ0n) is 12.5. The van der Waals surface area contributed by atoms with E-state index >= 15 is 0 Å². The summed E-state index contributed by atoms with van der Waals surface area (Å²) in [7, 11) is 0. The SMILES string of the molecule is CCOc1ccc2nc(SCCC3CCCNC3)[nH]c2c1. The van der Waals surface area contributed by atoms with E-state index in [4.69, 9.17) is 4.74 Å². The van der Waals surface area contributed by atoms with Crippen LogP contribution in [-0.4, -0.2) is 35.4 Å². The highest BCUT2D eigenvalue weighted by molar-refractivity contribution is 7.99. The van der Waals surface area contributed by atoms with Gasteiger partial charge in [-0.3, -0.25) is 0 Å². The smallest absolute Gasteiger partial charge is 0.166 e. The van der Waals surface area contributed by atoms with Crippen LogP contribution >= 0.6 is 11.8 Å². The predicted molar refractivity (Wildman–Crippen MR) is 88.2 cm³/mol. The molecule has 1 aliphatic heterocycles. The molecule has 5 heteroatoms. The molecule has 0 spiro atoms. The molecule has 1 aliphatic rings. The average molecular weight is 305 g/mol. The number of ether oxygens (including phenoxy) is 1. The van der Waals surface area contributed by atoms with Crippen molar-refractivity contribution in [2.75, 3.05) is 25.4 Å². The first kappa shape index (κ1) is 14.7. The van der Waals surface area contributed by atoms with Crippen LogP contribution in [0.5, 0.6) is 5.75 Å². The molecule has 0 radical (unpaired) electrons. The molecule has 4 nitrogen and oxygen atoms in total. The Balaban J connectivity index is 1.56.